The van der Waals surface area contributed by atoms with Crippen molar-refractivity contribution in [1.82, 2.24) is 14.8 Å². The SMILES string of the molecule is CCC(C(=O)O)C(O)(c1ccc(C)cc1)C(CC)n1cncn1. The van der Waals surface area contributed by atoms with Crippen LogP contribution in [0.1, 0.15) is 43.9 Å². The van der Waals surface area contributed by atoms with Crippen LogP contribution in [0.15, 0.2) is 36.9 Å². The number of nitrogens with zero attached hydrogens (tertiary/aromatic N) is 3. The number of aliphatic carboxylic acids is 1. The Balaban J connectivity index is 2.62. The highest BCUT2D eigenvalue weighted by atomic mass is 16.4. The summed E-state index contributed by atoms with van der Waals surface area (Å²) in [5.41, 5.74) is 0.0597. The van der Waals surface area contributed by atoms with Crippen molar-refractivity contribution >= 4 is 5.97 Å². The van der Waals surface area contributed by atoms with Crippen molar-refractivity contribution in [2.24, 2.45) is 5.92 Å². The maximum Gasteiger partial charge on any atom is 0.309 e. The lowest BCUT2D eigenvalue weighted by molar-refractivity contribution is -0.159. The minimum absolute atomic E-state index is 0.310. The summed E-state index contributed by atoms with van der Waals surface area (Å²) in [5.74, 6) is -1.96. The first-order chi connectivity index (χ1) is 10.9. The van der Waals surface area contributed by atoms with E-state index in [0.717, 1.165) is 5.56 Å². The van der Waals surface area contributed by atoms with Crippen LogP contribution in [-0.4, -0.2) is 30.9 Å². The number of aromatic nitrogens is 3. The molecule has 2 N–H and O–H groups in total. The first kappa shape index (κ1) is 17.1. The van der Waals surface area contributed by atoms with Crippen LogP contribution in [0.2, 0.25) is 0 Å². The number of hydrogen-bond donors (Lipinski definition) is 2. The van der Waals surface area contributed by atoms with Crippen LogP contribution in [0.5, 0.6) is 0 Å². The lowest BCUT2D eigenvalue weighted by Gasteiger charge is -2.40. The molecule has 2 rings (SSSR count). The van der Waals surface area contributed by atoms with Gasteiger partial charge in [-0.25, -0.2) is 9.67 Å². The Labute approximate surface area is 135 Å². The molecule has 23 heavy (non-hydrogen) atoms. The maximum absolute atomic E-state index is 11.8. The molecule has 3 atom stereocenters. The summed E-state index contributed by atoms with van der Waals surface area (Å²) >= 11 is 0. The Hall–Kier alpha value is -2.21. The van der Waals surface area contributed by atoms with Gasteiger partial charge < -0.3 is 10.2 Å². The molecular formula is C17H23N3O3. The number of hydrogen-bond acceptors (Lipinski definition) is 4. The minimum Gasteiger partial charge on any atom is -0.481 e. The fourth-order valence-corrected chi connectivity index (χ4v) is 3.20. The van der Waals surface area contributed by atoms with E-state index in [0.29, 0.717) is 18.4 Å². The summed E-state index contributed by atoms with van der Waals surface area (Å²) in [7, 11) is 0. The van der Waals surface area contributed by atoms with Crippen LogP contribution in [-0.2, 0) is 10.4 Å². The molecule has 1 aromatic heterocycles. The summed E-state index contributed by atoms with van der Waals surface area (Å²) in [6.07, 6.45) is 3.74. The highest BCUT2D eigenvalue weighted by Gasteiger charge is 2.48. The molecule has 0 bridgehead atoms. The molecule has 0 spiro atoms. The second kappa shape index (κ2) is 6.91. The average molecular weight is 317 g/mol. The zero-order valence-corrected chi connectivity index (χ0v) is 13.7. The van der Waals surface area contributed by atoms with Gasteiger partial charge in [0.15, 0.2) is 0 Å². The van der Waals surface area contributed by atoms with Crippen LogP contribution < -0.4 is 0 Å². The number of rotatable bonds is 7. The number of aliphatic hydroxyl groups is 1. The van der Waals surface area contributed by atoms with Gasteiger partial charge >= 0.3 is 5.97 Å². The van der Waals surface area contributed by atoms with Crippen molar-refractivity contribution in [1.29, 1.82) is 0 Å². The Kier molecular flexibility index (Phi) is 5.15. The fraction of sp³-hybridized carbons (Fsp3) is 0.471. The van der Waals surface area contributed by atoms with Gasteiger partial charge in [0.05, 0.1) is 12.0 Å². The predicted molar refractivity (Wildman–Crippen MR) is 85.8 cm³/mol. The zero-order chi connectivity index (χ0) is 17.0. The molecule has 124 valence electrons. The second-order valence-electron chi connectivity index (χ2n) is 5.79. The van der Waals surface area contributed by atoms with Crippen LogP contribution in [0.3, 0.4) is 0 Å². The molecule has 0 aliphatic rings. The van der Waals surface area contributed by atoms with Gasteiger partial charge in [-0.05, 0) is 25.3 Å². The molecule has 3 unspecified atom stereocenters. The third-order valence-electron chi connectivity index (χ3n) is 4.40. The predicted octanol–water partition coefficient (Wildman–Crippen LogP) is 2.54. The fourth-order valence-electron chi connectivity index (χ4n) is 3.20. The van der Waals surface area contributed by atoms with Crippen molar-refractivity contribution in [3.05, 3.63) is 48.0 Å². The molecule has 2 aromatic rings. The van der Waals surface area contributed by atoms with E-state index >= 15 is 0 Å². The van der Waals surface area contributed by atoms with Crippen LogP contribution in [0, 0.1) is 12.8 Å². The first-order valence-electron chi connectivity index (χ1n) is 7.81. The average Bonchev–Trinajstić information content (AvgIpc) is 3.02. The lowest BCUT2D eigenvalue weighted by atomic mass is 9.73. The molecule has 1 heterocycles. The summed E-state index contributed by atoms with van der Waals surface area (Å²) < 4.78 is 1.55. The van der Waals surface area contributed by atoms with Crippen molar-refractivity contribution in [3.63, 3.8) is 0 Å². The standard InChI is InChI=1S/C17H23N3O3/c1-4-14(16(21)22)17(23,13-8-6-12(3)7-9-13)15(5-2)20-11-18-10-19-20/h6-11,14-15,23H,4-5H2,1-3H3,(H,21,22). The van der Waals surface area contributed by atoms with Gasteiger partial charge in [-0.3, -0.25) is 4.79 Å². The number of aryl methyl sites for hydroxylation is 1. The number of benzene rings is 1. The van der Waals surface area contributed by atoms with E-state index in [1.807, 2.05) is 26.0 Å². The molecular weight excluding hydrogens is 294 g/mol. The van der Waals surface area contributed by atoms with E-state index in [-0.39, 0.29) is 0 Å². The van der Waals surface area contributed by atoms with E-state index < -0.39 is 23.5 Å². The van der Waals surface area contributed by atoms with E-state index in [1.165, 1.54) is 12.7 Å². The van der Waals surface area contributed by atoms with E-state index in [4.69, 9.17) is 0 Å². The number of carboxylic acid groups (broad SMARTS) is 1. The third-order valence-corrected chi connectivity index (χ3v) is 4.40. The topological polar surface area (TPSA) is 88.2 Å². The van der Waals surface area contributed by atoms with Crippen LogP contribution in [0.4, 0.5) is 0 Å². The minimum atomic E-state index is -1.57. The monoisotopic (exact) mass is 317 g/mol. The van der Waals surface area contributed by atoms with Gasteiger partial charge in [0, 0.05) is 0 Å². The summed E-state index contributed by atoms with van der Waals surface area (Å²) in [6, 6.07) is 6.82. The molecule has 1 aromatic carbocycles. The van der Waals surface area contributed by atoms with Gasteiger partial charge in [-0.1, -0.05) is 43.7 Å². The highest BCUT2D eigenvalue weighted by molar-refractivity contribution is 5.72. The molecule has 0 saturated carbocycles. The number of carboxylic acids is 1. The lowest BCUT2D eigenvalue weighted by Crippen LogP contribution is -2.46. The highest BCUT2D eigenvalue weighted by Crippen LogP contribution is 2.43. The Bertz CT molecular complexity index is 640. The van der Waals surface area contributed by atoms with Gasteiger partial charge in [0.1, 0.15) is 18.3 Å². The van der Waals surface area contributed by atoms with Crippen LogP contribution >= 0.6 is 0 Å². The smallest absolute Gasteiger partial charge is 0.309 e. The maximum atomic E-state index is 11.8. The molecule has 0 aliphatic carbocycles. The Morgan fingerprint density at radius 2 is 1.91 bits per heavy atom. The Morgan fingerprint density at radius 3 is 2.35 bits per heavy atom. The largest absolute Gasteiger partial charge is 0.481 e. The molecule has 0 amide bonds. The third kappa shape index (κ3) is 3.12. The number of carbonyl (C=O) groups is 1. The quantitative estimate of drug-likeness (QED) is 0.819. The molecule has 0 aliphatic heterocycles. The van der Waals surface area contributed by atoms with E-state index in [2.05, 4.69) is 10.1 Å². The van der Waals surface area contributed by atoms with Crippen molar-refractivity contribution in [2.45, 2.75) is 45.3 Å². The van der Waals surface area contributed by atoms with E-state index in [1.54, 1.807) is 23.7 Å². The van der Waals surface area contributed by atoms with Gasteiger partial charge in [0.2, 0.25) is 0 Å². The van der Waals surface area contributed by atoms with Crippen molar-refractivity contribution in [3.8, 4) is 0 Å². The summed E-state index contributed by atoms with van der Waals surface area (Å²) in [4.78, 5) is 15.7. The molecule has 0 fully saturated rings. The first-order valence-corrected chi connectivity index (χ1v) is 7.81. The Morgan fingerprint density at radius 1 is 1.26 bits per heavy atom. The van der Waals surface area contributed by atoms with Gasteiger partial charge in [-0.15, -0.1) is 0 Å². The van der Waals surface area contributed by atoms with E-state index in [9.17, 15) is 15.0 Å². The second-order valence-corrected chi connectivity index (χ2v) is 5.79. The molecule has 0 radical (unpaired) electrons. The van der Waals surface area contributed by atoms with Gasteiger partial charge in [0.25, 0.3) is 0 Å². The van der Waals surface area contributed by atoms with Crippen LogP contribution in [0.25, 0.3) is 0 Å². The summed E-state index contributed by atoms with van der Waals surface area (Å²) in [6.45, 7) is 5.62. The molecule has 6 heteroatoms. The van der Waals surface area contributed by atoms with Gasteiger partial charge in [-0.2, -0.15) is 5.10 Å². The molecule has 6 nitrogen and oxygen atoms in total. The van der Waals surface area contributed by atoms with Crippen molar-refractivity contribution < 1.29 is 15.0 Å². The summed E-state index contributed by atoms with van der Waals surface area (Å²) in [5, 5.41) is 25.4. The zero-order valence-electron chi connectivity index (χ0n) is 13.7. The van der Waals surface area contributed by atoms with Crippen molar-refractivity contribution in [2.75, 3.05) is 0 Å². The molecule has 0 saturated heterocycles. The normalized spacial score (nSPS) is 16.5.